The minimum atomic E-state index is -0.453. The van der Waals surface area contributed by atoms with Crippen molar-refractivity contribution in [3.05, 3.63) is 72.2 Å². The number of ether oxygens (including phenoxy) is 1. The van der Waals surface area contributed by atoms with Crippen molar-refractivity contribution in [3.63, 3.8) is 0 Å². The first-order valence-corrected chi connectivity index (χ1v) is 10.3. The maximum atomic E-state index is 11.7. The minimum Gasteiger partial charge on any atom is -0.378 e. The molecule has 5 rings (SSSR count). The van der Waals surface area contributed by atoms with Crippen LogP contribution in [0.3, 0.4) is 0 Å². The van der Waals surface area contributed by atoms with Gasteiger partial charge >= 0.3 is 0 Å². The Morgan fingerprint density at radius 3 is 2.74 bits per heavy atom. The van der Waals surface area contributed by atoms with Gasteiger partial charge in [0.2, 0.25) is 0 Å². The van der Waals surface area contributed by atoms with Crippen LogP contribution in [0.5, 0.6) is 0 Å². The summed E-state index contributed by atoms with van der Waals surface area (Å²) in [6.45, 7) is 3.30. The van der Waals surface area contributed by atoms with E-state index in [1.165, 1.54) is 5.69 Å². The lowest BCUT2D eigenvalue weighted by atomic mass is 9.97. The molecular formula is C24H23N5O2. The van der Waals surface area contributed by atoms with Crippen molar-refractivity contribution in [2.45, 2.75) is 6.04 Å². The topological polar surface area (TPSA) is 79.4 Å². The molecule has 1 saturated heterocycles. The van der Waals surface area contributed by atoms with E-state index in [0.29, 0.717) is 5.82 Å². The average molecular weight is 413 g/mol. The van der Waals surface area contributed by atoms with Crippen molar-refractivity contribution >= 4 is 29.6 Å². The first-order valence-electron chi connectivity index (χ1n) is 10.3. The monoisotopic (exact) mass is 413 g/mol. The molecule has 2 aromatic heterocycles. The van der Waals surface area contributed by atoms with Crippen LogP contribution >= 0.6 is 0 Å². The summed E-state index contributed by atoms with van der Waals surface area (Å²) in [6.07, 6.45) is 8.19. The van der Waals surface area contributed by atoms with Gasteiger partial charge in [0, 0.05) is 48.0 Å². The lowest BCUT2D eigenvalue weighted by molar-refractivity contribution is -0.109. The SMILES string of the molecule is O=CC1NC=Cc2cc(-c3cccnc3)nc(Nc3ccc(N4CCOCC4)cc3)c21. The zero-order valence-electron chi connectivity index (χ0n) is 17.0. The molecule has 7 heteroatoms. The van der Waals surface area contributed by atoms with E-state index in [1.54, 1.807) is 18.6 Å². The Kier molecular flexibility index (Phi) is 5.33. The van der Waals surface area contributed by atoms with E-state index in [1.807, 2.05) is 36.4 Å². The van der Waals surface area contributed by atoms with Crippen LogP contribution in [-0.2, 0) is 9.53 Å². The largest absolute Gasteiger partial charge is 0.378 e. The number of aldehydes is 1. The Morgan fingerprint density at radius 1 is 1.16 bits per heavy atom. The quantitative estimate of drug-likeness (QED) is 0.620. The lowest BCUT2D eigenvalue weighted by Crippen LogP contribution is -2.36. The van der Waals surface area contributed by atoms with Gasteiger partial charge in [-0.1, -0.05) is 0 Å². The Bertz CT molecular complexity index is 1090. The second-order valence-corrected chi connectivity index (χ2v) is 7.49. The van der Waals surface area contributed by atoms with E-state index in [9.17, 15) is 4.79 Å². The first kappa shape index (κ1) is 19.3. The third kappa shape index (κ3) is 4.00. The molecule has 1 fully saturated rings. The van der Waals surface area contributed by atoms with Crippen molar-refractivity contribution in [1.29, 1.82) is 0 Å². The smallest absolute Gasteiger partial charge is 0.146 e. The third-order valence-corrected chi connectivity index (χ3v) is 5.54. The van der Waals surface area contributed by atoms with Gasteiger partial charge in [-0.15, -0.1) is 0 Å². The van der Waals surface area contributed by atoms with Gasteiger partial charge in [0.1, 0.15) is 18.1 Å². The van der Waals surface area contributed by atoms with Crippen molar-refractivity contribution < 1.29 is 9.53 Å². The maximum absolute atomic E-state index is 11.7. The molecule has 3 aromatic rings. The number of morpholine rings is 1. The van der Waals surface area contributed by atoms with Gasteiger partial charge in [0.15, 0.2) is 0 Å². The summed E-state index contributed by atoms with van der Waals surface area (Å²) < 4.78 is 5.44. The fraction of sp³-hybridized carbons (Fsp3) is 0.208. The number of aromatic nitrogens is 2. The Balaban J connectivity index is 1.50. The molecule has 1 aromatic carbocycles. The summed E-state index contributed by atoms with van der Waals surface area (Å²) >= 11 is 0. The summed E-state index contributed by atoms with van der Waals surface area (Å²) in [5.74, 6) is 0.657. The molecule has 4 heterocycles. The molecule has 1 unspecified atom stereocenters. The van der Waals surface area contributed by atoms with E-state index in [4.69, 9.17) is 9.72 Å². The Labute approximate surface area is 180 Å². The zero-order chi connectivity index (χ0) is 21.0. The Hall–Kier alpha value is -3.71. The summed E-state index contributed by atoms with van der Waals surface area (Å²) in [4.78, 5) is 23.1. The molecule has 0 amide bonds. The normalized spacial score (nSPS) is 17.5. The van der Waals surface area contributed by atoms with Gasteiger partial charge in [-0.05, 0) is 60.3 Å². The fourth-order valence-electron chi connectivity index (χ4n) is 3.94. The van der Waals surface area contributed by atoms with Crippen LogP contribution in [0.1, 0.15) is 17.2 Å². The van der Waals surface area contributed by atoms with Crippen molar-refractivity contribution in [3.8, 4) is 11.3 Å². The fourth-order valence-corrected chi connectivity index (χ4v) is 3.94. The summed E-state index contributed by atoms with van der Waals surface area (Å²) in [5.41, 5.74) is 5.60. The van der Waals surface area contributed by atoms with Crippen LogP contribution in [0.4, 0.5) is 17.2 Å². The second kappa shape index (κ2) is 8.57. The number of anilines is 3. The number of carbonyl (C=O) groups excluding carboxylic acids is 1. The predicted molar refractivity (Wildman–Crippen MR) is 121 cm³/mol. The highest BCUT2D eigenvalue weighted by molar-refractivity contribution is 5.80. The predicted octanol–water partition coefficient (Wildman–Crippen LogP) is 3.54. The molecule has 2 aliphatic rings. The average Bonchev–Trinajstić information content (AvgIpc) is 2.85. The standard InChI is InChI=1S/C24H23N5O2/c30-16-22-23-17(7-9-26-22)14-21(18-2-1-8-25-15-18)28-24(23)27-19-3-5-20(6-4-19)29-10-12-31-13-11-29/h1-9,14-16,22,26H,10-13H2,(H,27,28). The van der Waals surface area contributed by atoms with Gasteiger partial charge in [-0.3, -0.25) is 4.98 Å². The number of pyridine rings is 2. The maximum Gasteiger partial charge on any atom is 0.146 e. The van der Waals surface area contributed by atoms with E-state index in [0.717, 1.165) is 60.7 Å². The van der Waals surface area contributed by atoms with Crippen LogP contribution in [0.25, 0.3) is 17.3 Å². The Morgan fingerprint density at radius 2 is 2.00 bits per heavy atom. The molecule has 2 aliphatic heterocycles. The van der Waals surface area contributed by atoms with Crippen LogP contribution in [0.2, 0.25) is 0 Å². The lowest BCUT2D eigenvalue weighted by Gasteiger charge is -2.29. The van der Waals surface area contributed by atoms with Crippen LogP contribution < -0.4 is 15.5 Å². The number of carbonyl (C=O) groups is 1. The second-order valence-electron chi connectivity index (χ2n) is 7.49. The highest BCUT2D eigenvalue weighted by Gasteiger charge is 2.23. The van der Waals surface area contributed by atoms with Gasteiger partial charge in [-0.25, -0.2) is 4.98 Å². The van der Waals surface area contributed by atoms with Crippen molar-refractivity contribution in [1.82, 2.24) is 15.3 Å². The van der Waals surface area contributed by atoms with Crippen LogP contribution in [-0.4, -0.2) is 42.6 Å². The van der Waals surface area contributed by atoms with Gasteiger partial charge < -0.3 is 25.1 Å². The summed E-state index contributed by atoms with van der Waals surface area (Å²) in [5, 5.41) is 6.53. The van der Waals surface area contributed by atoms with Crippen molar-refractivity contribution in [2.24, 2.45) is 0 Å². The molecule has 2 N–H and O–H groups in total. The molecule has 0 bridgehead atoms. The minimum absolute atomic E-state index is 0.453. The van der Waals surface area contributed by atoms with E-state index in [2.05, 4.69) is 32.7 Å². The molecular weight excluding hydrogens is 390 g/mol. The number of nitrogens with zero attached hydrogens (tertiary/aromatic N) is 3. The number of benzene rings is 1. The van der Waals surface area contributed by atoms with Gasteiger partial charge in [0.25, 0.3) is 0 Å². The number of hydrogen-bond acceptors (Lipinski definition) is 7. The van der Waals surface area contributed by atoms with Gasteiger partial charge in [-0.2, -0.15) is 0 Å². The molecule has 7 nitrogen and oxygen atoms in total. The molecule has 156 valence electrons. The molecule has 1 atom stereocenters. The highest BCUT2D eigenvalue weighted by Crippen LogP contribution is 2.34. The highest BCUT2D eigenvalue weighted by atomic mass is 16.5. The summed E-state index contributed by atoms with van der Waals surface area (Å²) in [6, 6.07) is 13.7. The third-order valence-electron chi connectivity index (χ3n) is 5.54. The van der Waals surface area contributed by atoms with E-state index in [-0.39, 0.29) is 0 Å². The van der Waals surface area contributed by atoms with Crippen molar-refractivity contribution in [2.75, 3.05) is 36.5 Å². The first-order chi connectivity index (χ1) is 15.3. The van der Waals surface area contributed by atoms with Gasteiger partial charge in [0.05, 0.1) is 18.9 Å². The number of rotatable bonds is 5. The van der Waals surface area contributed by atoms with Crippen LogP contribution in [0, 0.1) is 0 Å². The van der Waals surface area contributed by atoms with Crippen LogP contribution in [0.15, 0.2) is 61.1 Å². The molecule has 31 heavy (non-hydrogen) atoms. The number of fused-ring (bicyclic) bond motifs is 1. The zero-order valence-corrected chi connectivity index (χ0v) is 17.0. The molecule has 0 aliphatic carbocycles. The number of hydrogen-bond donors (Lipinski definition) is 2. The number of nitrogens with one attached hydrogen (secondary N) is 2. The van der Waals surface area contributed by atoms with E-state index < -0.39 is 6.04 Å². The molecule has 0 radical (unpaired) electrons. The molecule has 0 saturated carbocycles. The van der Waals surface area contributed by atoms with E-state index >= 15 is 0 Å². The molecule has 0 spiro atoms. The summed E-state index contributed by atoms with van der Waals surface area (Å²) in [7, 11) is 0.